The average Bonchev–Trinajstić information content (AvgIpc) is 2.80. The Labute approximate surface area is 203 Å². The van der Waals surface area contributed by atoms with Crippen LogP contribution >= 0.6 is 0 Å². The Balaban J connectivity index is 1.84. The van der Waals surface area contributed by atoms with Crippen molar-refractivity contribution in [1.29, 1.82) is 0 Å². The molecule has 35 heavy (non-hydrogen) atoms. The van der Waals surface area contributed by atoms with Gasteiger partial charge >= 0.3 is 11.9 Å². The van der Waals surface area contributed by atoms with E-state index in [1.165, 1.54) is 0 Å². The molecule has 0 radical (unpaired) electrons. The zero-order valence-corrected chi connectivity index (χ0v) is 20.2. The monoisotopic (exact) mass is 485 g/mol. The van der Waals surface area contributed by atoms with Crippen molar-refractivity contribution in [3.05, 3.63) is 77.0 Å². The molecule has 0 fully saturated rings. The second-order valence-electron chi connectivity index (χ2n) is 8.51. The van der Waals surface area contributed by atoms with Crippen LogP contribution in [-0.4, -0.2) is 37.0 Å². The Morgan fingerprint density at radius 3 is 2.43 bits per heavy atom. The van der Waals surface area contributed by atoms with Crippen molar-refractivity contribution < 1.29 is 32.6 Å². The number of rotatable bonds is 9. The first-order chi connectivity index (χ1) is 16.7. The van der Waals surface area contributed by atoms with Crippen LogP contribution < -0.4 is 4.74 Å². The van der Waals surface area contributed by atoms with Gasteiger partial charge in [0.2, 0.25) is 0 Å². The summed E-state index contributed by atoms with van der Waals surface area (Å²) in [5.74, 6) is -4.44. The quantitative estimate of drug-likeness (QED) is 0.352. The van der Waals surface area contributed by atoms with Gasteiger partial charge in [-0.15, -0.1) is 0 Å². The van der Waals surface area contributed by atoms with Crippen LogP contribution in [0, 0.1) is 17.6 Å². The maximum atomic E-state index is 14.9. The Morgan fingerprint density at radius 2 is 1.74 bits per heavy atom. The standard InChI is InChI=1S/C27H29F2NO5/c1-16(2)35-27(32)24-18(4)30-17(3)23(25(24)21-15-19(28)11-12-22(21)29)26(31)34-14-8-13-33-20-9-6-5-7-10-20/h5-7,9-12,15-16,24-25H,8,13-14H2,1-4H3. The molecule has 2 atom stereocenters. The van der Waals surface area contributed by atoms with Gasteiger partial charge in [0.05, 0.1) is 24.9 Å². The molecular formula is C27H29F2NO5. The normalized spacial score (nSPS) is 17.7. The van der Waals surface area contributed by atoms with Crippen LogP contribution in [0.2, 0.25) is 0 Å². The number of nitrogens with zero attached hydrogens (tertiary/aromatic N) is 1. The predicted octanol–water partition coefficient (Wildman–Crippen LogP) is 5.38. The summed E-state index contributed by atoms with van der Waals surface area (Å²) in [5.41, 5.74) is 0.475. The fraction of sp³-hybridized carbons (Fsp3) is 0.370. The Kier molecular flexibility index (Phi) is 8.73. The molecule has 0 aromatic heterocycles. The van der Waals surface area contributed by atoms with E-state index >= 15 is 0 Å². The van der Waals surface area contributed by atoms with Gasteiger partial charge in [-0.05, 0) is 63.6 Å². The number of ether oxygens (including phenoxy) is 3. The predicted molar refractivity (Wildman–Crippen MR) is 127 cm³/mol. The SMILES string of the molecule is CC1=NC(C)=C(C(=O)OCCCOc2ccccc2)C(c2cc(F)ccc2F)C1C(=O)OC(C)C. The van der Waals surface area contributed by atoms with E-state index in [0.717, 1.165) is 18.2 Å². The first kappa shape index (κ1) is 26.1. The van der Waals surface area contributed by atoms with Gasteiger partial charge < -0.3 is 14.2 Å². The van der Waals surface area contributed by atoms with E-state index in [1.807, 2.05) is 30.3 Å². The lowest BCUT2D eigenvalue weighted by Gasteiger charge is -2.32. The van der Waals surface area contributed by atoms with Gasteiger partial charge in [0.1, 0.15) is 23.3 Å². The van der Waals surface area contributed by atoms with Gasteiger partial charge in [0.15, 0.2) is 0 Å². The van der Waals surface area contributed by atoms with Crippen molar-refractivity contribution in [1.82, 2.24) is 0 Å². The van der Waals surface area contributed by atoms with E-state index in [1.54, 1.807) is 27.7 Å². The lowest BCUT2D eigenvalue weighted by atomic mass is 9.75. The van der Waals surface area contributed by atoms with Crippen molar-refractivity contribution in [2.45, 2.75) is 46.1 Å². The second kappa shape index (κ2) is 11.7. The van der Waals surface area contributed by atoms with Gasteiger partial charge in [0.25, 0.3) is 0 Å². The van der Waals surface area contributed by atoms with Crippen molar-refractivity contribution in [2.24, 2.45) is 10.9 Å². The number of allylic oxidation sites excluding steroid dienone is 1. The van der Waals surface area contributed by atoms with E-state index < -0.39 is 41.5 Å². The number of benzene rings is 2. The largest absolute Gasteiger partial charge is 0.493 e. The zero-order chi connectivity index (χ0) is 25.5. The highest BCUT2D eigenvalue weighted by Gasteiger charge is 2.44. The molecular weight excluding hydrogens is 456 g/mol. The number of carbonyl (C=O) groups excluding carboxylic acids is 2. The molecule has 186 valence electrons. The topological polar surface area (TPSA) is 74.2 Å². The first-order valence-electron chi connectivity index (χ1n) is 11.5. The van der Waals surface area contributed by atoms with E-state index in [-0.39, 0.29) is 23.4 Å². The lowest BCUT2D eigenvalue weighted by Crippen LogP contribution is -2.38. The molecule has 8 heteroatoms. The van der Waals surface area contributed by atoms with E-state index in [2.05, 4.69) is 4.99 Å². The number of carbonyl (C=O) groups is 2. The van der Waals surface area contributed by atoms with Crippen molar-refractivity contribution in [3.8, 4) is 5.75 Å². The third-order valence-corrected chi connectivity index (χ3v) is 5.48. The fourth-order valence-electron chi connectivity index (χ4n) is 4.01. The molecule has 1 aliphatic rings. The molecule has 0 spiro atoms. The molecule has 0 aliphatic carbocycles. The molecule has 1 heterocycles. The Hall–Kier alpha value is -3.55. The third-order valence-electron chi connectivity index (χ3n) is 5.48. The summed E-state index contributed by atoms with van der Waals surface area (Å²) in [7, 11) is 0. The summed E-state index contributed by atoms with van der Waals surface area (Å²) in [6, 6.07) is 12.1. The van der Waals surface area contributed by atoms with Crippen LogP contribution in [0.15, 0.2) is 64.8 Å². The minimum Gasteiger partial charge on any atom is -0.493 e. The Bertz CT molecular complexity index is 1130. The van der Waals surface area contributed by atoms with Crippen molar-refractivity contribution in [2.75, 3.05) is 13.2 Å². The summed E-state index contributed by atoms with van der Waals surface area (Å²) in [6.45, 7) is 6.88. The highest BCUT2D eigenvalue weighted by atomic mass is 19.1. The molecule has 0 bridgehead atoms. The maximum absolute atomic E-state index is 14.9. The van der Waals surface area contributed by atoms with Crippen LogP contribution in [-0.2, 0) is 19.1 Å². The van der Waals surface area contributed by atoms with Crippen molar-refractivity contribution in [3.63, 3.8) is 0 Å². The average molecular weight is 486 g/mol. The minimum atomic E-state index is -1.15. The van der Waals surface area contributed by atoms with Gasteiger partial charge in [-0.2, -0.15) is 0 Å². The minimum absolute atomic E-state index is 0.00483. The summed E-state index contributed by atoms with van der Waals surface area (Å²) in [6.07, 6.45) is -0.0344. The second-order valence-corrected chi connectivity index (χ2v) is 8.51. The molecule has 0 saturated carbocycles. The molecule has 6 nitrogen and oxygen atoms in total. The lowest BCUT2D eigenvalue weighted by molar-refractivity contribution is -0.150. The van der Waals surface area contributed by atoms with Crippen LogP contribution in [0.3, 0.4) is 0 Å². The first-order valence-corrected chi connectivity index (χ1v) is 11.5. The summed E-state index contributed by atoms with van der Waals surface area (Å²) < 4.78 is 45.4. The van der Waals surface area contributed by atoms with Crippen LogP contribution in [0.4, 0.5) is 8.78 Å². The third kappa shape index (κ3) is 6.53. The molecule has 2 unspecified atom stereocenters. The molecule has 0 N–H and O–H groups in total. The number of aliphatic imine (C=N–C) groups is 1. The highest BCUT2D eigenvalue weighted by molar-refractivity contribution is 6.07. The highest BCUT2D eigenvalue weighted by Crippen LogP contribution is 2.41. The molecule has 2 aromatic carbocycles. The molecule has 1 aliphatic heterocycles. The van der Waals surface area contributed by atoms with Crippen LogP contribution in [0.5, 0.6) is 5.75 Å². The summed E-state index contributed by atoms with van der Waals surface area (Å²) in [5, 5.41) is 0. The number of hydrogen-bond donors (Lipinski definition) is 0. The Morgan fingerprint density at radius 1 is 1.03 bits per heavy atom. The maximum Gasteiger partial charge on any atom is 0.336 e. The van der Waals surface area contributed by atoms with Gasteiger partial charge in [-0.1, -0.05) is 18.2 Å². The number of hydrogen-bond acceptors (Lipinski definition) is 6. The number of para-hydroxylation sites is 1. The van der Waals surface area contributed by atoms with Crippen LogP contribution in [0.1, 0.15) is 45.6 Å². The van der Waals surface area contributed by atoms with Gasteiger partial charge in [0, 0.05) is 23.7 Å². The van der Waals surface area contributed by atoms with E-state index in [9.17, 15) is 18.4 Å². The smallest absolute Gasteiger partial charge is 0.336 e. The number of halogens is 2. The molecule has 0 saturated heterocycles. The molecule has 2 aromatic rings. The summed E-state index contributed by atoms with van der Waals surface area (Å²) in [4.78, 5) is 30.5. The summed E-state index contributed by atoms with van der Waals surface area (Å²) >= 11 is 0. The zero-order valence-electron chi connectivity index (χ0n) is 20.2. The van der Waals surface area contributed by atoms with Gasteiger partial charge in [-0.25, -0.2) is 13.6 Å². The number of esters is 2. The van der Waals surface area contributed by atoms with E-state index in [0.29, 0.717) is 24.5 Å². The van der Waals surface area contributed by atoms with Crippen molar-refractivity contribution >= 4 is 17.7 Å². The van der Waals surface area contributed by atoms with Gasteiger partial charge in [-0.3, -0.25) is 9.79 Å². The molecule has 3 rings (SSSR count). The van der Waals surface area contributed by atoms with Crippen LogP contribution in [0.25, 0.3) is 0 Å². The molecule has 0 amide bonds. The fourth-order valence-corrected chi connectivity index (χ4v) is 4.01. The van der Waals surface area contributed by atoms with E-state index in [4.69, 9.17) is 14.2 Å².